The van der Waals surface area contributed by atoms with Crippen LogP contribution in [0.5, 0.6) is 5.75 Å². The Labute approximate surface area is 200 Å². The molecule has 3 heterocycles. The zero-order valence-corrected chi connectivity index (χ0v) is 19.1. The number of oxime groups is 1. The summed E-state index contributed by atoms with van der Waals surface area (Å²) in [5.41, 5.74) is 0.966. The molecule has 1 aromatic heterocycles. The van der Waals surface area contributed by atoms with Crippen LogP contribution < -0.4 is 15.1 Å². The minimum absolute atomic E-state index is 0.00186. The molecule has 0 bridgehead atoms. The van der Waals surface area contributed by atoms with Crippen molar-refractivity contribution in [3.8, 4) is 5.75 Å². The molecule has 3 aromatic rings. The summed E-state index contributed by atoms with van der Waals surface area (Å²) in [5.74, 6) is -1.70. The number of ether oxygens (including phenoxy) is 1. The number of benzene rings is 2. The molecule has 5 rings (SSSR count). The second-order valence-corrected chi connectivity index (χ2v) is 8.85. The number of hydrogen-bond acceptors (Lipinski definition) is 7. The standard InChI is InChI=1S/C25H25FN4O5/c1-15-14-35-24-21-17(23(31)18(25(32)33)12-30(15)21)11-19(26)22(24)29-9-7-28(8-10-29)13-20(27-34)16-5-3-2-4-6-16/h2-6,11-12,15,34H,7-10,13-14H2,1H3,(H,32,33)/b27-20-/t15-/m0/s1. The molecule has 182 valence electrons. The van der Waals surface area contributed by atoms with Crippen molar-refractivity contribution in [1.82, 2.24) is 9.47 Å². The van der Waals surface area contributed by atoms with E-state index in [4.69, 9.17) is 4.74 Å². The van der Waals surface area contributed by atoms with Crippen LogP contribution in [0.3, 0.4) is 0 Å². The summed E-state index contributed by atoms with van der Waals surface area (Å²) in [5, 5.41) is 22.4. The van der Waals surface area contributed by atoms with Crippen molar-refractivity contribution in [2.75, 3.05) is 44.2 Å². The molecule has 10 heteroatoms. The van der Waals surface area contributed by atoms with Gasteiger partial charge < -0.3 is 24.5 Å². The lowest BCUT2D eigenvalue weighted by atomic mass is 10.1. The second-order valence-electron chi connectivity index (χ2n) is 8.85. The molecule has 0 unspecified atom stereocenters. The molecule has 1 fully saturated rings. The van der Waals surface area contributed by atoms with Gasteiger partial charge in [-0.15, -0.1) is 0 Å². The van der Waals surface area contributed by atoms with Gasteiger partial charge in [-0.3, -0.25) is 9.69 Å². The van der Waals surface area contributed by atoms with E-state index in [0.29, 0.717) is 44.0 Å². The molecule has 0 aliphatic carbocycles. The highest BCUT2D eigenvalue weighted by Gasteiger charge is 2.31. The highest BCUT2D eigenvalue weighted by molar-refractivity contribution is 6.01. The Bertz CT molecular complexity index is 1380. The van der Waals surface area contributed by atoms with Gasteiger partial charge >= 0.3 is 5.97 Å². The Morgan fingerprint density at radius 2 is 1.91 bits per heavy atom. The third-order valence-electron chi connectivity index (χ3n) is 6.66. The number of aromatic carboxylic acids is 1. The van der Waals surface area contributed by atoms with Gasteiger partial charge in [-0.05, 0) is 13.0 Å². The van der Waals surface area contributed by atoms with E-state index in [-0.39, 0.29) is 29.5 Å². The van der Waals surface area contributed by atoms with Gasteiger partial charge in [0.05, 0.1) is 16.9 Å². The molecule has 2 N–H and O–H groups in total. The first-order chi connectivity index (χ1) is 16.9. The summed E-state index contributed by atoms with van der Waals surface area (Å²) in [6, 6.07) is 10.3. The first-order valence-corrected chi connectivity index (χ1v) is 11.4. The lowest BCUT2D eigenvalue weighted by Crippen LogP contribution is -2.48. The zero-order chi connectivity index (χ0) is 24.7. The number of piperazine rings is 1. The summed E-state index contributed by atoms with van der Waals surface area (Å²) in [4.78, 5) is 28.4. The van der Waals surface area contributed by atoms with Crippen LogP contribution in [0.25, 0.3) is 10.9 Å². The van der Waals surface area contributed by atoms with Crippen LogP contribution in [0.1, 0.15) is 28.9 Å². The van der Waals surface area contributed by atoms with Gasteiger partial charge in [-0.25, -0.2) is 9.18 Å². The van der Waals surface area contributed by atoms with E-state index < -0.39 is 22.8 Å². The summed E-state index contributed by atoms with van der Waals surface area (Å²) in [6.07, 6.45) is 1.32. The molecule has 35 heavy (non-hydrogen) atoms. The fourth-order valence-corrected chi connectivity index (χ4v) is 4.81. The lowest BCUT2D eigenvalue weighted by molar-refractivity contribution is 0.0694. The predicted octanol–water partition coefficient (Wildman–Crippen LogP) is 2.79. The first kappa shape index (κ1) is 22.9. The lowest BCUT2D eigenvalue weighted by Gasteiger charge is -2.38. The smallest absolute Gasteiger partial charge is 0.341 e. The van der Waals surface area contributed by atoms with E-state index in [9.17, 15) is 19.9 Å². The van der Waals surface area contributed by atoms with Gasteiger partial charge in [0.15, 0.2) is 11.6 Å². The van der Waals surface area contributed by atoms with Crippen LogP contribution in [0.4, 0.5) is 10.1 Å². The van der Waals surface area contributed by atoms with Crippen molar-refractivity contribution >= 4 is 28.3 Å². The van der Waals surface area contributed by atoms with Gasteiger partial charge in [0.2, 0.25) is 5.43 Å². The molecule has 0 radical (unpaired) electrons. The number of hydrogen-bond donors (Lipinski definition) is 2. The molecule has 1 saturated heterocycles. The maximum atomic E-state index is 15.4. The van der Waals surface area contributed by atoms with Crippen LogP contribution in [0.15, 0.2) is 52.5 Å². The van der Waals surface area contributed by atoms with Gasteiger partial charge in [-0.1, -0.05) is 35.5 Å². The first-order valence-electron chi connectivity index (χ1n) is 11.4. The number of carbonyl (C=O) groups is 1. The Kier molecular flexibility index (Phi) is 5.89. The van der Waals surface area contributed by atoms with Crippen LogP contribution >= 0.6 is 0 Å². The molecule has 2 aliphatic rings. The molecule has 0 spiro atoms. The number of anilines is 1. The van der Waals surface area contributed by atoms with Crippen LogP contribution in [0, 0.1) is 5.82 Å². The third-order valence-corrected chi connectivity index (χ3v) is 6.66. The van der Waals surface area contributed by atoms with E-state index in [1.165, 1.54) is 6.20 Å². The zero-order valence-electron chi connectivity index (χ0n) is 19.1. The SMILES string of the molecule is C[C@H]1COc2c(N3CCN(C/C(=N/O)c4ccccc4)CC3)c(F)cc3c(=O)c(C(=O)O)cn1c23. The number of carboxylic acids is 1. The van der Waals surface area contributed by atoms with E-state index in [0.717, 1.165) is 11.6 Å². The predicted molar refractivity (Wildman–Crippen MR) is 129 cm³/mol. The largest absolute Gasteiger partial charge is 0.487 e. The highest BCUT2D eigenvalue weighted by Crippen LogP contribution is 2.42. The van der Waals surface area contributed by atoms with Crippen molar-refractivity contribution in [3.05, 3.63) is 69.8 Å². The summed E-state index contributed by atoms with van der Waals surface area (Å²) in [6.45, 7) is 4.74. The third kappa shape index (κ3) is 3.99. The molecule has 1 atom stereocenters. The Hall–Kier alpha value is -3.92. The fourth-order valence-electron chi connectivity index (χ4n) is 4.81. The minimum atomic E-state index is -1.34. The number of aromatic nitrogens is 1. The van der Waals surface area contributed by atoms with Crippen molar-refractivity contribution in [2.45, 2.75) is 13.0 Å². The summed E-state index contributed by atoms with van der Waals surface area (Å²) in [7, 11) is 0. The Morgan fingerprint density at radius 1 is 1.20 bits per heavy atom. The van der Waals surface area contributed by atoms with E-state index in [1.807, 2.05) is 42.2 Å². The van der Waals surface area contributed by atoms with Crippen LogP contribution in [-0.2, 0) is 0 Å². The number of nitrogens with zero attached hydrogens (tertiary/aromatic N) is 4. The van der Waals surface area contributed by atoms with E-state index in [1.54, 1.807) is 4.57 Å². The van der Waals surface area contributed by atoms with Gasteiger partial charge in [0, 0.05) is 44.5 Å². The van der Waals surface area contributed by atoms with Gasteiger partial charge in [0.1, 0.15) is 23.6 Å². The summed E-state index contributed by atoms with van der Waals surface area (Å²) >= 11 is 0. The molecule has 0 saturated carbocycles. The van der Waals surface area contributed by atoms with E-state index in [2.05, 4.69) is 10.1 Å². The fraction of sp³-hybridized carbons (Fsp3) is 0.320. The topological polar surface area (TPSA) is 108 Å². The van der Waals surface area contributed by atoms with Gasteiger partial charge in [0.25, 0.3) is 0 Å². The maximum absolute atomic E-state index is 15.4. The second kappa shape index (κ2) is 9.03. The monoisotopic (exact) mass is 480 g/mol. The molecule has 9 nitrogen and oxygen atoms in total. The average molecular weight is 480 g/mol. The highest BCUT2D eigenvalue weighted by atomic mass is 19.1. The maximum Gasteiger partial charge on any atom is 0.341 e. The van der Waals surface area contributed by atoms with Crippen molar-refractivity contribution < 1.29 is 24.2 Å². The minimum Gasteiger partial charge on any atom is -0.487 e. The Morgan fingerprint density at radius 3 is 2.57 bits per heavy atom. The number of halogens is 1. The average Bonchev–Trinajstić information content (AvgIpc) is 2.86. The molecular weight excluding hydrogens is 455 g/mol. The van der Waals surface area contributed by atoms with E-state index >= 15 is 4.39 Å². The molecule has 2 aromatic carbocycles. The number of carboxylic acid groups (broad SMARTS) is 1. The van der Waals surface area contributed by atoms with Crippen LogP contribution in [-0.4, -0.2) is 70.8 Å². The van der Waals surface area contributed by atoms with Crippen molar-refractivity contribution in [1.29, 1.82) is 0 Å². The molecule has 0 amide bonds. The van der Waals surface area contributed by atoms with Crippen molar-refractivity contribution in [2.24, 2.45) is 5.16 Å². The normalized spacial score (nSPS) is 18.5. The summed E-state index contributed by atoms with van der Waals surface area (Å²) < 4.78 is 23.1. The van der Waals surface area contributed by atoms with Crippen LogP contribution in [0.2, 0.25) is 0 Å². The molecule has 2 aliphatic heterocycles. The van der Waals surface area contributed by atoms with Gasteiger partial charge in [-0.2, -0.15) is 0 Å². The number of pyridine rings is 1. The Balaban J connectivity index is 1.45. The number of rotatable bonds is 5. The molecular formula is C25H25FN4O5. The quantitative estimate of drug-likeness (QED) is 0.329. The van der Waals surface area contributed by atoms with Crippen molar-refractivity contribution in [3.63, 3.8) is 0 Å².